The van der Waals surface area contributed by atoms with Crippen molar-refractivity contribution in [3.63, 3.8) is 0 Å². The van der Waals surface area contributed by atoms with Crippen molar-refractivity contribution in [2.75, 3.05) is 7.11 Å². The van der Waals surface area contributed by atoms with Gasteiger partial charge in [-0.05, 0) is 61.4 Å². The number of nitrogens with zero attached hydrogens (tertiary/aromatic N) is 1. The Balaban J connectivity index is 1.76. The second-order valence-corrected chi connectivity index (χ2v) is 7.99. The minimum absolute atomic E-state index is 0.00133. The van der Waals surface area contributed by atoms with Crippen LogP contribution in [0.4, 0.5) is 0 Å². The SMILES string of the molecule is COc1cccc(C2C(C(=O)c3ccco3)=C(O)C(=O)N2Cc2cccc(OC(C)C)c2)c1. The lowest BCUT2D eigenvalue weighted by Gasteiger charge is -2.27. The van der Waals surface area contributed by atoms with Gasteiger partial charge < -0.3 is 23.9 Å². The maximum atomic E-state index is 13.2. The quantitative estimate of drug-likeness (QED) is 0.497. The molecule has 0 bridgehead atoms. The number of ketones is 1. The van der Waals surface area contributed by atoms with Crippen molar-refractivity contribution in [1.29, 1.82) is 0 Å². The van der Waals surface area contributed by atoms with E-state index in [9.17, 15) is 14.7 Å². The molecule has 33 heavy (non-hydrogen) atoms. The molecule has 3 aromatic rings. The highest BCUT2D eigenvalue weighted by Crippen LogP contribution is 2.41. The van der Waals surface area contributed by atoms with E-state index in [0.29, 0.717) is 17.1 Å². The zero-order valence-corrected chi connectivity index (χ0v) is 18.6. The molecule has 0 saturated heterocycles. The third-order valence-electron chi connectivity index (χ3n) is 5.33. The Kier molecular flexibility index (Phi) is 6.22. The van der Waals surface area contributed by atoms with Crippen molar-refractivity contribution in [3.05, 3.63) is 95.1 Å². The Labute approximate surface area is 191 Å². The van der Waals surface area contributed by atoms with Crippen LogP contribution in [0.2, 0.25) is 0 Å². The molecule has 1 N–H and O–H groups in total. The van der Waals surface area contributed by atoms with E-state index >= 15 is 0 Å². The number of aliphatic hydroxyl groups excluding tert-OH is 1. The molecular formula is C26H25NO6. The molecule has 0 aliphatic carbocycles. The molecule has 0 saturated carbocycles. The van der Waals surface area contributed by atoms with E-state index in [1.165, 1.54) is 17.2 Å². The van der Waals surface area contributed by atoms with Gasteiger partial charge in [0.25, 0.3) is 5.91 Å². The van der Waals surface area contributed by atoms with Crippen LogP contribution in [0, 0.1) is 0 Å². The molecule has 1 aromatic heterocycles. The molecule has 1 atom stereocenters. The normalized spacial score (nSPS) is 15.9. The third-order valence-corrected chi connectivity index (χ3v) is 5.33. The van der Waals surface area contributed by atoms with E-state index in [4.69, 9.17) is 13.9 Å². The highest BCUT2D eigenvalue weighted by atomic mass is 16.5. The van der Waals surface area contributed by atoms with Crippen molar-refractivity contribution in [3.8, 4) is 11.5 Å². The first kappa shape index (κ1) is 22.2. The molecule has 1 aliphatic rings. The number of Topliss-reactive ketones (excluding diaryl/α,β-unsaturated/α-hetero) is 1. The molecule has 170 valence electrons. The number of aliphatic hydroxyl groups is 1. The van der Waals surface area contributed by atoms with E-state index < -0.39 is 23.5 Å². The highest BCUT2D eigenvalue weighted by Gasteiger charge is 2.44. The highest BCUT2D eigenvalue weighted by molar-refractivity contribution is 6.15. The summed E-state index contributed by atoms with van der Waals surface area (Å²) in [5.41, 5.74) is 1.41. The molecule has 7 nitrogen and oxygen atoms in total. The average Bonchev–Trinajstić information content (AvgIpc) is 3.42. The van der Waals surface area contributed by atoms with Gasteiger partial charge in [0.1, 0.15) is 11.5 Å². The summed E-state index contributed by atoms with van der Waals surface area (Å²) in [5, 5.41) is 10.8. The Morgan fingerprint density at radius 3 is 2.55 bits per heavy atom. The standard InChI is InChI=1S/C26H25NO6/c1-16(2)33-20-10-4-7-17(13-20)15-27-23(18-8-5-9-19(14-18)31-3)22(25(29)26(27)30)24(28)21-11-6-12-32-21/h4-14,16,23,29H,15H2,1-3H3. The summed E-state index contributed by atoms with van der Waals surface area (Å²) in [6.07, 6.45) is 1.38. The zero-order chi connectivity index (χ0) is 23.5. The van der Waals surface area contributed by atoms with Crippen molar-refractivity contribution >= 4 is 11.7 Å². The molecule has 4 rings (SSSR count). The Hall–Kier alpha value is -4.00. The maximum Gasteiger partial charge on any atom is 0.290 e. The number of hydrogen-bond donors (Lipinski definition) is 1. The maximum absolute atomic E-state index is 13.2. The number of ether oxygens (including phenoxy) is 2. The lowest BCUT2D eigenvalue weighted by Crippen LogP contribution is -2.30. The van der Waals surface area contributed by atoms with Gasteiger partial charge in [0.15, 0.2) is 11.5 Å². The molecule has 7 heteroatoms. The van der Waals surface area contributed by atoms with Crippen LogP contribution < -0.4 is 9.47 Å². The van der Waals surface area contributed by atoms with E-state index in [0.717, 1.165) is 5.56 Å². The predicted octanol–water partition coefficient (Wildman–Crippen LogP) is 4.85. The van der Waals surface area contributed by atoms with E-state index in [2.05, 4.69) is 0 Å². The van der Waals surface area contributed by atoms with Crippen molar-refractivity contribution < 1.29 is 28.6 Å². The topological polar surface area (TPSA) is 89.2 Å². The van der Waals surface area contributed by atoms with Gasteiger partial charge in [-0.25, -0.2) is 0 Å². The van der Waals surface area contributed by atoms with Crippen molar-refractivity contribution in [2.45, 2.75) is 32.5 Å². The van der Waals surface area contributed by atoms with Crippen LogP contribution in [-0.2, 0) is 11.3 Å². The minimum Gasteiger partial charge on any atom is -0.503 e. The number of rotatable bonds is 8. The first-order valence-corrected chi connectivity index (χ1v) is 10.6. The molecule has 0 fully saturated rings. The summed E-state index contributed by atoms with van der Waals surface area (Å²) in [4.78, 5) is 27.9. The summed E-state index contributed by atoms with van der Waals surface area (Å²) in [6.45, 7) is 4.03. The second kappa shape index (κ2) is 9.24. The zero-order valence-electron chi connectivity index (χ0n) is 18.6. The molecule has 1 unspecified atom stereocenters. The van der Waals surface area contributed by atoms with E-state index in [1.54, 1.807) is 37.4 Å². The number of amides is 1. The molecule has 2 aromatic carbocycles. The van der Waals surface area contributed by atoms with Crippen LogP contribution in [0.1, 0.15) is 41.6 Å². The van der Waals surface area contributed by atoms with Gasteiger partial charge in [0.05, 0.1) is 31.1 Å². The van der Waals surface area contributed by atoms with Gasteiger partial charge in [-0.2, -0.15) is 0 Å². The summed E-state index contributed by atoms with van der Waals surface area (Å²) >= 11 is 0. The lowest BCUT2D eigenvalue weighted by molar-refractivity contribution is -0.130. The van der Waals surface area contributed by atoms with Crippen LogP contribution in [0.25, 0.3) is 0 Å². The number of carbonyl (C=O) groups excluding carboxylic acids is 2. The summed E-state index contributed by atoms with van der Waals surface area (Å²) in [7, 11) is 1.54. The molecule has 2 heterocycles. The smallest absolute Gasteiger partial charge is 0.290 e. The fraction of sp³-hybridized carbons (Fsp3) is 0.231. The minimum atomic E-state index is -0.820. The number of methoxy groups -OCH3 is 1. The summed E-state index contributed by atoms with van der Waals surface area (Å²) < 4.78 is 16.4. The first-order valence-electron chi connectivity index (χ1n) is 10.6. The molecule has 1 amide bonds. The second-order valence-electron chi connectivity index (χ2n) is 7.99. The van der Waals surface area contributed by atoms with Gasteiger partial charge in [-0.15, -0.1) is 0 Å². The van der Waals surface area contributed by atoms with Crippen molar-refractivity contribution in [1.82, 2.24) is 4.90 Å². The average molecular weight is 447 g/mol. The van der Waals surface area contributed by atoms with E-state index in [-0.39, 0.29) is 24.0 Å². The molecular weight excluding hydrogens is 422 g/mol. The Morgan fingerprint density at radius 2 is 1.85 bits per heavy atom. The van der Waals surface area contributed by atoms with Crippen LogP contribution in [0.3, 0.4) is 0 Å². The van der Waals surface area contributed by atoms with E-state index in [1.807, 2.05) is 38.1 Å². The number of benzene rings is 2. The Bertz CT molecular complexity index is 1200. The van der Waals surface area contributed by atoms with Gasteiger partial charge in [-0.1, -0.05) is 24.3 Å². The van der Waals surface area contributed by atoms with Crippen molar-refractivity contribution in [2.24, 2.45) is 0 Å². The predicted molar refractivity (Wildman–Crippen MR) is 121 cm³/mol. The number of furan rings is 1. The first-order chi connectivity index (χ1) is 15.9. The largest absolute Gasteiger partial charge is 0.503 e. The number of hydrogen-bond acceptors (Lipinski definition) is 6. The van der Waals surface area contributed by atoms with Crippen LogP contribution in [0.15, 0.2) is 82.7 Å². The number of carbonyl (C=O) groups is 2. The molecule has 1 aliphatic heterocycles. The van der Waals surface area contributed by atoms with Crippen LogP contribution in [0.5, 0.6) is 11.5 Å². The fourth-order valence-corrected chi connectivity index (χ4v) is 3.93. The van der Waals surface area contributed by atoms with Gasteiger partial charge in [-0.3, -0.25) is 9.59 Å². The van der Waals surface area contributed by atoms with Gasteiger partial charge in [0.2, 0.25) is 5.78 Å². The van der Waals surface area contributed by atoms with Crippen LogP contribution >= 0.6 is 0 Å². The van der Waals surface area contributed by atoms with Gasteiger partial charge >= 0.3 is 0 Å². The lowest BCUT2D eigenvalue weighted by atomic mass is 9.94. The third kappa shape index (κ3) is 4.48. The fourth-order valence-electron chi connectivity index (χ4n) is 3.93. The summed E-state index contributed by atoms with van der Waals surface area (Å²) in [6, 6.07) is 16.8. The van der Waals surface area contributed by atoms with Gasteiger partial charge in [0, 0.05) is 6.54 Å². The molecule has 0 spiro atoms. The molecule has 0 radical (unpaired) electrons. The summed E-state index contributed by atoms with van der Waals surface area (Å²) in [5.74, 6) is -0.462. The Morgan fingerprint density at radius 1 is 1.09 bits per heavy atom. The van der Waals surface area contributed by atoms with Crippen LogP contribution in [-0.4, -0.2) is 34.9 Å². The monoisotopic (exact) mass is 447 g/mol.